The van der Waals surface area contributed by atoms with Crippen molar-refractivity contribution in [3.63, 3.8) is 0 Å². The van der Waals surface area contributed by atoms with Gasteiger partial charge in [-0.2, -0.15) is 10.5 Å². The van der Waals surface area contributed by atoms with Crippen molar-refractivity contribution in [2.75, 3.05) is 33.4 Å². The van der Waals surface area contributed by atoms with E-state index in [-0.39, 0.29) is 6.10 Å². The van der Waals surface area contributed by atoms with E-state index >= 15 is 0 Å². The fourth-order valence-electron chi connectivity index (χ4n) is 5.19. The van der Waals surface area contributed by atoms with E-state index < -0.39 is 5.41 Å². The normalized spacial score (nSPS) is 17.3. The summed E-state index contributed by atoms with van der Waals surface area (Å²) in [5.41, 5.74) is 1.26. The Morgan fingerprint density at radius 3 is 2.35 bits per heavy atom. The molecule has 0 amide bonds. The van der Waals surface area contributed by atoms with E-state index in [1.54, 1.807) is 19.2 Å². The molecule has 0 aliphatic carbocycles. The molecule has 3 rings (SSSR count). The van der Waals surface area contributed by atoms with Gasteiger partial charge in [-0.25, -0.2) is 0 Å². The van der Waals surface area contributed by atoms with Crippen LogP contribution in [0.4, 0.5) is 0 Å². The number of likely N-dealkylation sites (tertiary alicyclic amines) is 1. The van der Waals surface area contributed by atoms with Gasteiger partial charge in [-0.15, -0.1) is 0 Å². The van der Waals surface area contributed by atoms with Crippen molar-refractivity contribution in [1.82, 2.24) is 4.90 Å². The first-order chi connectivity index (χ1) is 16.6. The fraction of sp³-hybridized carbons (Fsp3) is 0.517. The lowest BCUT2D eigenvalue weighted by Crippen LogP contribution is -2.45. The maximum absolute atomic E-state index is 10.5. The van der Waals surface area contributed by atoms with Crippen LogP contribution in [0.25, 0.3) is 0 Å². The van der Waals surface area contributed by atoms with Gasteiger partial charge in [-0.05, 0) is 80.9 Å². The lowest BCUT2D eigenvalue weighted by molar-refractivity contribution is 0.0511. The second kappa shape index (κ2) is 13.1. The molecule has 1 heterocycles. The average Bonchev–Trinajstić information content (AvgIpc) is 2.90. The topological polar surface area (TPSA) is 69.3 Å². The van der Waals surface area contributed by atoms with Crippen molar-refractivity contribution in [1.29, 1.82) is 10.5 Å². The van der Waals surface area contributed by atoms with Crippen LogP contribution in [0.2, 0.25) is 0 Å². The zero-order chi connectivity index (χ0) is 24.2. The highest BCUT2D eigenvalue weighted by Crippen LogP contribution is 2.43. The van der Waals surface area contributed by atoms with Crippen LogP contribution in [0.3, 0.4) is 0 Å². The van der Waals surface area contributed by atoms with Crippen molar-refractivity contribution in [3.8, 4) is 17.9 Å². The number of piperidine rings is 1. The Bertz CT molecular complexity index is 940. The highest BCUT2D eigenvalue weighted by molar-refractivity contribution is 5.35. The SMILES string of the molecule is CCC[C@H](CC(C#N)(c1ccccc1)C1CCN(CCCOc2ccc(C#N)cc2)CC1)OC. The number of methoxy groups -OCH3 is 1. The Balaban J connectivity index is 1.56. The lowest BCUT2D eigenvalue weighted by Gasteiger charge is -2.42. The summed E-state index contributed by atoms with van der Waals surface area (Å²) in [4.78, 5) is 2.49. The van der Waals surface area contributed by atoms with Gasteiger partial charge in [0.25, 0.3) is 0 Å². The number of nitriles is 2. The van der Waals surface area contributed by atoms with Gasteiger partial charge in [0, 0.05) is 13.7 Å². The van der Waals surface area contributed by atoms with Gasteiger partial charge in [0.2, 0.25) is 0 Å². The highest BCUT2D eigenvalue weighted by Gasteiger charge is 2.43. The van der Waals surface area contributed by atoms with Crippen LogP contribution in [0.15, 0.2) is 54.6 Å². The van der Waals surface area contributed by atoms with E-state index in [4.69, 9.17) is 14.7 Å². The first-order valence-corrected chi connectivity index (χ1v) is 12.5. The molecular weight excluding hydrogens is 422 g/mol. The summed E-state index contributed by atoms with van der Waals surface area (Å²) in [6.45, 7) is 5.83. The summed E-state index contributed by atoms with van der Waals surface area (Å²) >= 11 is 0. The molecule has 0 bridgehead atoms. The zero-order valence-electron chi connectivity index (χ0n) is 20.6. The molecule has 180 valence electrons. The average molecular weight is 460 g/mol. The number of benzene rings is 2. The van der Waals surface area contributed by atoms with Gasteiger partial charge >= 0.3 is 0 Å². The second-order valence-electron chi connectivity index (χ2n) is 9.25. The Morgan fingerprint density at radius 1 is 1.06 bits per heavy atom. The van der Waals surface area contributed by atoms with Crippen molar-refractivity contribution in [2.45, 2.75) is 57.0 Å². The van der Waals surface area contributed by atoms with Crippen LogP contribution in [0, 0.1) is 28.6 Å². The van der Waals surface area contributed by atoms with Crippen molar-refractivity contribution in [2.24, 2.45) is 5.92 Å². The lowest BCUT2D eigenvalue weighted by atomic mass is 9.64. The van der Waals surface area contributed by atoms with Crippen molar-refractivity contribution in [3.05, 3.63) is 65.7 Å². The second-order valence-corrected chi connectivity index (χ2v) is 9.25. The minimum Gasteiger partial charge on any atom is -0.494 e. The molecule has 2 aromatic rings. The third-order valence-corrected chi connectivity index (χ3v) is 7.14. The van der Waals surface area contributed by atoms with Crippen molar-refractivity contribution >= 4 is 0 Å². The maximum Gasteiger partial charge on any atom is 0.119 e. The van der Waals surface area contributed by atoms with E-state index in [1.165, 1.54) is 0 Å². The standard InChI is InChI=1S/C29H37N3O2/c1-3-8-28(33-2)21-29(23-31,25-9-5-4-6-10-25)26-15-18-32(19-16-26)17-7-20-34-27-13-11-24(22-30)12-14-27/h4-6,9-14,26,28H,3,7-8,15-21H2,1-2H3/t28-,29?/m1/s1. The fourth-order valence-corrected chi connectivity index (χ4v) is 5.19. The number of hydrogen-bond donors (Lipinski definition) is 0. The predicted molar refractivity (Wildman–Crippen MR) is 134 cm³/mol. The molecule has 1 unspecified atom stereocenters. The summed E-state index contributed by atoms with van der Waals surface area (Å²) in [5, 5.41) is 19.4. The minimum atomic E-state index is -0.512. The molecule has 5 heteroatoms. The predicted octanol–water partition coefficient (Wildman–Crippen LogP) is 5.71. The smallest absolute Gasteiger partial charge is 0.119 e. The summed E-state index contributed by atoms with van der Waals surface area (Å²) in [6, 6.07) is 22.5. The van der Waals surface area contributed by atoms with E-state index in [9.17, 15) is 5.26 Å². The van der Waals surface area contributed by atoms with Crippen LogP contribution in [-0.2, 0) is 10.2 Å². The molecule has 5 nitrogen and oxygen atoms in total. The summed E-state index contributed by atoms with van der Waals surface area (Å²) in [6.07, 6.45) is 5.86. The molecule has 1 fully saturated rings. The Kier molecular flexibility index (Phi) is 9.95. The van der Waals surface area contributed by atoms with Gasteiger partial charge in [-0.1, -0.05) is 43.7 Å². The number of rotatable bonds is 12. The van der Waals surface area contributed by atoms with Gasteiger partial charge < -0.3 is 14.4 Å². The largest absolute Gasteiger partial charge is 0.494 e. The Labute approximate surface area is 204 Å². The van der Waals surface area contributed by atoms with E-state index in [1.807, 2.05) is 30.3 Å². The molecule has 2 atom stereocenters. The summed E-state index contributed by atoms with van der Waals surface area (Å²) in [5.74, 6) is 1.12. The van der Waals surface area contributed by atoms with Crippen LogP contribution >= 0.6 is 0 Å². The molecule has 0 aromatic heterocycles. The van der Waals surface area contributed by atoms with E-state index in [0.717, 1.165) is 69.5 Å². The molecule has 1 aliphatic rings. The first-order valence-electron chi connectivity index (χ1n) is 12.5. The number of hydrogen-bond acceptors (Lipinski definition) is 5. The third-order valence-electron chi connectivity index (χ3n) is 7.14. The minimum absolute atomic E-state index is 0.0993. The quantitative estimate of drug-likeness (QED) is 0.381. The maximum atomic E-state index is 10.5. The third kappa shape index (κ3) is 6.60. The van der Waals surface area contributed by atoms with Crippen LogP contribution in [-0.4, -0.2) is 44.4 Å². The van der Waals surface area contributed by atoms with E-state index in [0.29, 0.717) is 18.1 Å². The number of nitrogens with zero attached hydrogens (tertiary/aromatic N) is 3. The molecule has 0 N–H and O–H groups in total. The van der Waals surface area contributed by atoms with Crippen LogP contribution in [0.1, 0.15) is 56.6 Å². The van der Waals surface area contributed by atoms with Crippen LogP contribution < -0.4 is 4.74 Å². The van der Waals surface area contributed by atoms with Gasteiger partial charge in [0.1, 0.15) is 5.75 Å². The molecule has 1 aliphatic heterocycles. The van der Waals surface area contributed by atoms with E-state index in [2.05, 4.69) is 36.1 Å². The monoisotopic (exact) mass is 459 g/mol. The summed E-state index contributed by atoms with van der Waals surface area (Å²) < 4.78 is 11.6. The molecule has 0 saturated carbocycles. The number of ether oxygens (including phenoxy) is 2. The molecule has 0 radical (unpaired) electrons. The zero-order valence-corrected chi connectivity index (χ0v) is 20.6. The molecule has 34 heavy (non-hydrogen) atoms. The van der Waals surface area contributed by atoms with Gasteiger partial charge in [0.05, 0.1) is 35.8 Å². The van der Waals surface area contributed by atoms with Gasteiger partial charge in [-0.3, -0.25) is 0 Å². The first kappa shape index (κ1) is 25.8. The molecular formula is C29H37N3O2. The van der Waals surface area contributed by atoms with Gasteiger partial charge in [0.15, 0.2) is 0 Å². The van der Waals surface area contributed by atoms with Crippen molar-refractivity contribution < 1.29 is 9.47 Å². The molecule has 1 saturated heterocycles. The summed E-state index contributed by atoms with van der Waals surface area (Å²) in [7, 11) is 1.77. The highest BCUT2D eigenvalue weighted by atomic mass is 16.5. The molecule has 2 aromatic carbocycles. The van der Waals surface area contributed by atoms with Crippen LogP contribution in [0.5, 0.6) is 5.75 Å². The Morgan fingerprint density at radius 2 is 1.76 bits per heavy atom. The molecule has 0 spiro atoms. The Hall–Kier alpha value is -2.86.